The Labute approximate surface area is 317 Å². The van der Waals surface area contributed by atoms with Crippen LogP contribution in [0.2, 0.25) is 0 Å². The van der Waals surface area contributed by atoms with Gasteiger partial charge in [0.25, 0.3) is 0 Å². The molecule has 0 aliphatic heterocycles. The molecule has 5 aromatic rings. The summed E-state index contributed by atoms with van der Waals surface area (Å²) in [6.07, 6.45) is 7.05. The molecular weight excluding hydrogens is 709 g/mol. The Bertz CT molecular complexity index is 1960. The van der Waals surface area contributed by atoms with E-state index in [4.69, 9.17) is 8.92 Å². The Kier molecular flexibility index (Phi) is 15.0. The molecule has 9 heteroatoms. The number of hydrogen-bond donors (Lipinski definition) is 2. The fraction of sp³-hybridized carbons (Fsp3) is 0.302. The molecule has 1 atom stereocenters. The number of hydrogen-bond acceptors (Lipinski definition) is 8. The Morgan fingerprint density at radius 1 is 0.712 bits per heavy atom. The number of rotatable bonds is 20. The zero-order valence-corrected chi connectivity index (χ0v) is 32.3. The molecule has 6 nitrogen and oxygen atoms in total. The van der Waals surface area contributed by atoms with Gasteiger partial charge in [0.2, 0.25) is 0 Å². The molecule has 1 unspecified atom stereocenters. The van der Waals surface area contributed by atoms with Gasteiger partial charge in [-0.1, -0.05) is 112 Å². The van der Waals surface area contributed by atoms with Crippen LogP contribution in [0.1, 0.15) is 81.6 Å². The first-order chi connectivity index (χ1) is 25.3. The predicted octanol–water partition coefficient (Wildman–Crippen LogP) is 11.4. The second kappa shape index (κ2) is 19.8. The largest absolute Gasteiger partial charge is 0.508 e. The highest BCUT2D eigenvalue weighted by atomic mass is 32.2. The van der Waals surface area contributed by atoms with Gasteiger partial charge in [0.1, 0.15) is 28.2 Å². The molecule has 52 heavy (non-hydrogen) atoms. The zero-order valence-electron chi connectivity index (χ0n) is 29.9. The first kappa shape index (κ1) is 39.3. The summed E-state index contributed by atoms with van der Waals surface area (Å²) in [5, 5.41) is 22.7. The predicted molar refractivity (Wildman–Crippen MR) is 214 cm³/mol. The molecule has 5 aromatic carbocycles. The molecule has 5 rings (SSSR count). The number of unbranched alkanes of at least 4 members (excludes halogenated alkanes) is 5. The number of phenols is 1. The maximum Gasteiger partial charge on any atom is 0.340 e. The van der Waals surface area contributed by atoms with Gasteiger partial charge < -0.3 is 19.1 Å². The lowest BCUT2D eigenvalue weighted by molar-refractivity contribution is 0.216. The molecule has 0 heterocycles. The SMILES string of the molecule is CCCCCCCSCc1ccc(O)c(C(O)c2ccccc2-c2ccc(Sc3ccc(OCCCC)cc3)c(S(=O)(=O)Oc3ccccc3)c2)c1. The van der Waals surface area contributed by atoms with Gasteiger partial charge in [-0.15, -0.1) is 0 Å². The highest BCUT2D eigenvalue weighted by molar-refractivity contribution is 8.00. The van der Waals surface area contributed by atoms with E-state index in [9.17, 15) is 18.6 Å². The highest BCUT2D eigenvalue weighted by Crippen LogP contribution is 2.40. The fourth-order valence-electron chi connectivity index (χ4n) is 5.74. The van der Waals surface area contributed by atoms with E-state index in [1.165, 1.54) is 43.9 Å². The number of para-hydroxylation sites is 1. The highest BCUT2D eigenvalue weighted by Gasteiger charge is 2.25. The average Bonchev–Trinajstić information content (AvgIpc) is 3.16. The summed E-state index contributed by atoms with van der Waals surface area (Å²) in [7, 11) is -4.28. The van der Waals surface area contributed by atoms with Crippen LogP contribution in [0.25, 0.3) is 11.1 Å². The monoisotopic (exact) mass is 756 g/mol. The van der Waals surface area contributed by atoms with Gasteiger partial charge in [0.15, 0.2) is 0 Å². The van der Waals surface area contributed by atoms with E-state index in [0.717, 1.165) is 40.6 Å². The summed E-state index contributed by atoms with van der Waals surface area (Å²) < 4.78 is 39.3. The zero-order chi connectivity index (χ0) is 36.8. The van der Waals surface area contributed by atoms with Gasteiger partial charge in [0.05, 0.1) is 6.61 Å². The van der Waals surface area contributed by atoms with Gasteiger partial charge in [-0.3, -0.25) is 0 Å². The molecule has 0 spiro atoms. The van der Waals surface area contributed by atoms with E-state index in [1.807, 2.05) is 72.4 Å². The maximum absolute atomic E-state index is 14.0. The summed E-state index contributed by atoms with van der Waals surface area (Å²) in [4.78, 5) is 1.33. The molecule has 0 saturated carbocycles. The van der Waals surface area contributed by atoms with Crippen molar-refractivity contribution in [2.45, 2.75) is 85.3 Å². The van der Waals surface area contributed by atoms with Crippen molar-refractivity contribution in [1.29, 1.82) is 0 Å². The molecule has 0 radical (unpaired) electrons. The van der Waals surface area contributed by atoms with Crippen LogP contribution in [0.4, 0.5) is 0 Å². The number of aromatic hydroxyl groups is 1. The third-order valence-corrected chi connectivity index (χ3v) is 12.2. The van der Waals surface area contributed by atoms with Crippen molar-refractivity contribution in [1.82, 2.24) is 0 Å². The quantitative estimate of drug-likeness (QED) is 0.0599. The molecule has 2 N–H and O–H groups in total. The molecular formula is C43H48O6S3. The minimum atomic E-state index is -4.28. The third kappa shape index (κ3) is 11.1. The van der Waals surface area contributed by atoms with E-state index in [1.54, 1.807) is 54.6 Å². The molecule has 0 aromatic heterocycles. The van der Waals surface area contributed by atoms with Crippen molar-refractivity contribution in [2.75, 3.05) is 12.4 Å². The van der Waals surface area contributed by atoms with E-state index in [2.05, 4.69) is 13.8 Å². The molecule has 0 aliphatic carbocycles. The smallest absolute Gasteiger partial charge is 0.340 e. The number of aliphatic hydroxyl groups excluding tert-OH is 1. The normalized spacial score (nSPS) is 12.1. The van der Waals surface area contributed by atoms with E-state index in [0.29, 0.717) is 33.8 Å². The molecule has 274 valence electrons. The lowest BCUT2D eigenvalue weighted by Gasteiger charge is -2.19. The van der Waals surface area contributed by atoms with Crippen molar-refractivity contribution in [3.63, 3.8) is 0 Å². The van der Waals surface area contributed by atoms with Gasteiger partial charge in [0, 0.05) is 21.1 Å². The van der Waals surface area contributed by atoms with Crippen molar-refractivity contribution in [2.24, 2.45) is 0 Å². The molecule has 0 saturated heterocycles. The topological polar surface area (TPSA) is 93.1 Å². The first-order valence-corrected chi connectivity index (χ1v) is 21.4. The molecule has 0 fully saturated rings. The molecule has 0 bridgehead atoms. The number of ether oxygens (including phenoxy) is 1. The summed E-state index contributed by atoms with van der Waals surface area (Å²) in [5.41, 5.74) is 3.20. The fourth-order valence-corrected chi connectivity index (χ4v) is 9.01. The minimum absolute atomic E-state index is 0.00276. The number of benzene rings is 5. The van der Waals surface area contributed by atoms with Crippen molar-refractivity contribution < 1.29 is 27.6 Å². The van der Waals surface area contributed by atoms with Crippen LogP contribution in [0.5, 0.6) is 17.2 Å². The summed E-state index contributed by atoms with van der Waals surface area (Å²) in [6, 6.07) is 34.0. The van der Waals surface area contributed by atoms with Crippen LogP contribution in [-0.4, -0.2) is 31.0 Å². The Hall–Kier alpha value is -3.89. The van der Waals surface area contributed by atoms with Crippen LogP contribution in [-0.2, 0) is 15.9 Å². The van der Waals surface area contributed by atoms with Crippen LogP contribution in [0.15, 0.2) is 130 Å². The van der Waals surface area contributed by atoms with Gasteiger partial charge in [-0.05, 0) is 102 Å². The second-order valence-corrected chi connectivity index (χ2v) is 16.4. The Morgan fingerprint density at radius 2 is 1.44 bits per heavy atom. The lowest BCUT2D eigenvalue weighted by Crippen LogP contribution is -2.11. The van der Waals surface area contributed by atoms with Crippen LogP contribution >= 0.6 is 23.5 Å². The van der Waals surface area contributed by atoms with Gasteiger partial charge in [-0.2, -0.15) is 20.2 Å². The molecule has 0 amide bonds. The van der Waals surface area contributed by atoms with Crippen molar-refractivity contribution in [3.8, 4) is 28.4 Å². The average molecular weight is 757 g/mol. The maximum atomic E-state index is 14.0. The van der Waals surface area contributed by atoms with E-state index in [-0.39, 0.29) is 16.4 Å². The van der Waals surface area contributed by atoms with Gasteiger partial charge >= 0.3 is 10.1 Å². The van der Waals surface area contributed by atoms with Crippen molar-refractivity contribution in [3.05, 3.63) is 132 Å². The lowest BCUT2D eigenvalue weighted by atomic mass is 9.92. The summed E-state index contributed by atoms with van der Waals surface area (Å²) in [6.45, 7) is 4.97. The summed E-state index contributed by atoms with van der Waals surface area (Å²) in [5.74, 6) is 2.82. The Morgan fingerprint density at radius 3 is 2.21 bits per heavy atom. The molecule has 0 aliphatic rings. The second-order valence-electron chi connectivity index (χ2n) is 12.6. The van der Waals surface area contributed by atoms with Gasteiger partial charge in [-0.25, -0.2) is 0 Å². The third-order valence-electron chi connectivity index (χ3n) is 8.59. The van der Waals surface area contributed by atoms with Crippen LogP contribution < -0.4 is 8.92 Å². The number of thioether (sulfide) groups is 1. The minimum Gasteiger partial charge on any atom is -0.508 e. The number of aliphatic hydroxyl groups is 1. The standard InChI is InChI=1S/C43H48O6S3/c1-3-5-7-8-14-28-50-31-32-19-25-40(44)39(29-32)43(45)38-18-13-12-17-37(38)33-20-26-41(51-36-23-21-34(22-24-36)48-27-6-4-2)42(30-33)52(46,47)49-35-15-10-9-11-16-35/h9-13,15-26,29-30,43-45H,3-8,14,27-28,31H2,1-2H3. The Balaban J connectivity index is 1.44. The number of phenolic OH excluding ortho intramolecular Hbond substituents is 1. The van der Waals surface area contributed by atoms with Crippen LogP contribution in [0, 0.1) is 0 Å². The van der Waals surface area contributed by atoms with Crippen LogP contribution in [0.3, 0.4) is 0 Å². The van der Waals surface area contributed by atoms with Crippen molar-refractivity contribution >= 4 is 33.6 Å². The van der Waals surface area contributed by atoms with E-state index >= 15 is 0 Å². The first-order valence-electron chi connectivity index (χ1n) is 18.0. The summed E-state index contributed by atoms with van der Waals surface area (Å²) >= 11 is 3.17. The van der Waals surface area contributed by atoms with E-state index < -0.39 is 16.2 Å².